The quantitative estimate of drug-likeness (QED) is 0.941. The van der Waals surface area contributed by atoms with Gasteiger partial charge in [0.05, 0.1) is 12.5 Å². The fraction of sp³-hybridized carbons (Fsp3) is 0.333. The summed E-state index contributed by atoms with van der Waals surface area (Å²) in [5.41, 5.74) is 1.12. The van der Waals surface area contributed by atoms with Gasteiger partial charge in [0.2, 0.25) is 5.89 Å². The lowest BCUT2D eigenvalue weighted by molar-refractivity contribution is 0.181. The Morgan fingerprint density at radius 2 is 2.06 bits per heavy atom. The molecule has 1 atom stereocenters. The first-order valence-electron chi connectivity index (χ1n) is 5.37. The summed E-state index contributed by atoms with van der Waals surface area (Å²) in [6, 6.07) is 7.97. The standard InChI is InChI=1S/C12H13BrN2O2/c1-8(16)6-12-14-11(15-17-12)7-9-2-4-10(13)5-3-9/h2-5,8,16H,6-7H2,1H3. The maximum Gasteiger partial charge on any atom is 0.229 e. The fourth-order valence-electron chi connectivity index (χ4n) is 1.48. The van der Waals surface area contributed by atoms with Crippen LogP contribution >= 0.6 is 15.9 Å². The zero-order chi connectivity index (χ0) is 12.3. The van der Waals surface area contributed by atoms with Gasteiger partial charge < -0.3 is 9.63 Å². The van der Waals surface area contributed by atoms with E-state index in [2.05, 4.69) is 26.1 Å². The van der Waals surface area contributed by atoms with Crippen LogP contribution in [0.4, 0.5) is 0 Å². The SMILES string of the molecule is CC(O)Cc1nc(Cc2ccc(Br)cc2)no1. The van der Waals surface area contributed by atoms with Crippen LogP contribution in [0, 0.1) is 0 Å². The van der Waals surface area contributed by atoms with E-state index in [9.17, 15) is 5.11 Å². The molecule has 0 aliphatic carbocycles. The van der Waals surface area contributed by atoms with Gasteiger partial charge in [-0.3, -0.25) is 0 Å². The molecule has 17 heavy (non-hydrogen) atoms. The van der Waals surface area contributed by atoms with Crippen molar-refractivity contribution in [1.29, 1.82) is 0 Å². The van der Waals surface area contributed by atoms with E-state index in [0.29, 0.717) is 24.6 Å². The zero-order valence-corrected chi connectivity index (χ0v) is 11.0. The van der Waals surface area contributed by atoms with Crippen LogP contribution in [0.2, 0.25) is 0 Å². The molecule has 0 spiro atoms. The molecule has 0 saturated heterocycles. The van der Waals surface area contributed by atoms with Crippen molar-refractivity contribution in [3.05, 3.63) is 46.0 Å². The van der Waals surface area contributed by atoms with Crippen LogP contribution in [0.3, 0.4) is 0 Å². The lowest BCUT2D eigenvalue weighted by Crippen LogP contribution is -2.04. The molecule has 1 heterocycles. The molecule has 1 aromatic heterocycles. The summed E-state index contributed by atoms with van der Waals surface area (Å²) in [6.45, 7) is 1.69. The van der Waals surface area contributed by atoms with Gasteiger partial charge in [0, 0.05) is 10.9 Å². The maximum atomic E-state index is 9.20. The molecule has 0 amide bonds. The van der Waals surface area contributed by atoms with Gasteiger partial charge in [-0.2, -0.15) is 4.98 Å². The summed E-state index contributed by atoms with van der Waals surface area (Å²) in [7, 11) is 0. The Labute approximate surface area is 108 Å². The number of aliphatic hydroxyl groups excluding tert-OH is 1. The smallest absolute Gasteiger partial charge is 0.229 e. The van der Waals surface area contributed by atoms with Crippen LogP contribution in [-0.2, 0) is 12.8 Å². The average Bonchev–Trinajstić information content (AvgIpc) is 2.68. The maximum absolute atomic E-state index is 9.20. The third kappa shape index (κ3) is 3.64. The predicted molar refractivity (Wildman–Crippen MR) is 66.6 cm³/mol. The van der Waals surface area contributed by atoms with Gasteiger partial charge in [-0.1, -0.05) is 33.2 Å². The predicted octanol–water partition coefficient (Wildman–Crippen LogP) is 2.35. The molecule has 1 N–H and O–H groups in total. The van der Waals surface area contributed by atoms with E-state index in [1.54, 1.807) is 6.92 Å². The van der Waals surface area contributed by atoms with Gasteiger partial charge >= 0.3 is 0 Å². The van der Waals surface area contributed by atoms with Crippen LogP contribution < -0.4 is 0 Å². The Balaban J connectivity index is 2.03. The molecule has 2 rings (SSSR count). The van der Waals surface area contributed by atoms with Crippen LogP contribution in [0.1, 0.15) is 24.2 Å². The minimum Gasteiger partial charge on any atom is -0.393 e. The Morgan fingerprint density at radius 3 is 2.71 bits per heavy atom. The summed E-state index contributed by atoms with van der Waals surface area (Å²) in [6.07, 6.45) is 0.570. The van der Waals surface area contributed by atoms with Crippen molar-refractivity contribution in [1.82, 2.24) is 10.1 Å². The van der Waals surface area contributed by atoms with Crippen molar-refractivity contribution in [2.45, 2.75) is 25.9 Å². The van der Waals surface area contributed by atoms with Gasteiger partial charge in [0.25, 0.3) is 0 Å². The number of rotatable bonds is 4. The first-order valence-corrected chi connectivity index (χ1v) is 6.17. The van der Waals surface area contributed by atoms with Crippen LogP contribution in [-0.4, -0.2) is 21.4 Å². The van der Waals surface area contributed by atoms with Gasteiger partial charge in [-0.05, 0) is 24.6 Å². The third-order valence-electron chi connectivity index (χ3n) is 2.26. The van der Waals surface area contributed by atoms with E-state index in [1.165, 1.54) is 0 Å². The van der Waals surface area contributed by atoms with Gasteiger partial charge in [0.15, 0.2) is 5.82 Å². The number of nitrogens with zero attached hydrogens (tertiary/aromatic N) is 2. The van der Waals surface area contributed by atoms with Crippen LogP contribution in [0.5, 0.6) is 0 Å². The van der Waals surface area contributed by atoms with Crippen LogP contribution in [0.15, 0.2) is 33.3 Å². The topological polar surface area (TPSA) is 59.2 Å². The number of hydrogen-bond donors (Lipinski definition) is 1. The monoisotopic (exact) mass is 296 g/mol. The first-order chi connectivity index (χ1) is 8.13. The molecule has 2 aromatic rings. The third-order valence-corrected chi connectivity index (χ3v) is 2.78. The highest BCUT2D eigenvalue weighted by atomic mass is 79.9. The summed E-state index contributed by atoms with van der Waals surface area (Å²) >= 11 is 3.38. The molecule has 0 saturated carbocycles. The number of aromatic nitrogens is 2. The Morgan fingerprint density at radius 1 is 1.35 bits per heavy atom. The number of hydrogen-bond acceptors (Lipinski definition) is 4. The Hall–Kier alpha value is -1.20. The molecule has 1 aromatic carbocycles. The van der Waals surface area contributed by atoms with Crippen molar-refractivity contribution in [2.75, 3.05) is 0 Å². The molecule has 4 nitrogen and oxygen atoms in total. The molecule has 0 aliphatic heterocycles. The van der Waals surface area contributed by atoms with E-state index in [4.69, 9.17) is 4.52 Å². The fourth-order valence-corrected chi connectivity index (χ4v) is 1.75. The van der Waals surface area contributed by atoms with Crippen molar-refractivity contribution in [3.8, 4) is 0 Å². The molecule has 0 bridgehead atoms. The van der Waals surface area contributed by atoms with Crippen molar-refractivity contribution in [3.63, 3.8) is 0 Å². The average molecular weight is 297 g/mol. The lowest BCUT2D eigenvalue weighted by atomic mass is 10.1. The summed E-state index contributed by atoms with van der Waals surface area (Å²) in [5, 5.41) is 13.1. The van der Waals surface area contributed by atoms with Crippen LogP contribution in [0.25, 0.3) is 0 Å². The summed E-state index contributed by atoms with van der Waals surface area (Å²) in [4.78, 5) is 4.22. The van der Waals surface area contributed by atoms with Gasteiger partial charge in [0.1, 0.15) is 0 Å². The van der Waals surface area contributed by atoms with Crippen molar-refractivity contribution in [2.24, 2.45) is 0 Å². The highest BCUT2D eigenvalue weighted by molar-refractivity contribution is 9.10. The second-order valence-corrected chi connectivity index (χ2v) is 4.88. The van der Waals surface area contributed by atoms with Gasteiger partial charge in [-0.25, -0.2) is 0 Å². The number of benzene rings is 1. The molecule has 90 valence electrons. The molecule has 5 heteroatoms. The lowest BCUT2D eigenvalue weighted by Gasteiger charge is -1.97. The highest BCUT2D eigenvalue weighted by Crippen LogP contribution is 2.13. The van der Waals surface area contributed by atoms with E-state index in [0.717, 1.165) is 10.0 Å². The minimum absolute atomic E-state index is 0.396. The Kier molecular flexibility index (Phi) is 3.91. The minimum atomic E-state index is -0.462. The molecular weight excluding hydrogens is 284 g/mol. The largest absolute Gasteiger partial charge is 0.393 e. The van der Waals surface area contributed by atoms with E-state index < -0.39 is 6.10 Å². The first kappa shape index (κ1) is 12.3. The molecule has 1 unspecified atom stereocenters. The van der Waals surface area contributed by atoms with E-state index >= 15 is 0 Å². The second-order valence-electron chi connectivity index (χ2n) is 3.96. The van der Waals surface area contributed by atoms with Crippen molar-refractivity contribution >= 4 is 15.9 Å². The number of aliphatic hydroxyl groups is 1. The Bertz CT molecular complexity index is 480. The zero-order valence-electron chi connectivity index (χ0n) is 9.43. The highest BCUT2D eigenvalue weighted by Gasteiger charge is 2.09. The molecular formula is C12H13BrN2O2. The van der Waals surface area contributed by atoms with E-state index in [-0.39, 0.29) is 0 Å². The molecule has 0 radical (unpaired) electrons. The normalized spacial score (nSPS) is 12.6. The molecule has 0 aliphatic rings. The van der Waals surface area contributed by atoms with Crippen molar-refractivity contribution < 1.29 is 9.63 Å². The number of halogens is 1. The van der Waals surface area contributed by atoms with E-state index in [1.807, 2.05) is 24.3 Å². The summed E-state index contributed by atoms with van der Waals surface area (Å²) in [5.74, 6) is 1.12. The second kappa shape index (κ2) is 5.42. The summed E-state index contributed by atoms with van der Waals surface area (Å²) < 4.78 is 6.09. The van der Waals surface area contributed by atoms with Gasteiger partial charge in [-0.15, -0.1) is 0 Å². The molecule has 0 fully saturated rings.